The lowest BCUT2D eigenvalue weighted by Crippen LogP contribution is -2.31. The molecule has 1 aromatic carbocycles. The molecule has 1 saturated heterocycles. The van der Waals surface area contributed by atoms with Crippen molar-refractivity contribution in [2.45, 2.75) is 50.6 Å². The first-order chi connectivity index (χ1) is 16.9. The minimum atomic E-state index is -0.666. The Kier molecular flexibility index (Phi) is 6.95. The van der Waals surface area contributed by atoms with E-state index in [4.69, 9.17) is 38.7 Å². The van der Waals surface area contributed by atoms with Gasteiger partial charge < -0.3 is 21.1 Å². The molecule has 0 spiro atoms. The molecule has 1 atom stereocenters. The number of nitrogens with zero attached hydrogens (tertiary/aromatic N) is 4. The Bertz CT molecular complexity index is 1240. The van der Waals surface area contributed by atoms with E-state index in [-0.39, 0.29) is 39.6 Å². The predicted molar refractivity (Wildman–Crippen MR) is 133 cm³/mol. The molecular weight excluding hydrogens is 496 g/mol. The van der Waals surface area contributed by atoms with E-state index in [1.54, 1.807) is 6.20 Å². The fraction of sp³-hybridized carbons (Fsp3) is 0.478. The van der Waals surface area contributed by atoms with Crippen LogP contribution >= 0.6 is 23.2 Å². The van der Waals surface area contributed by atoms with Crippen LogP contribution in [-0.2, 0) is 9.53 Å². The van der Waals surface area contributed by atoms with Crippen LogP contribution in [-0.4, -0.2) is 44.7 Å². The molecule has 4 N–H and O–H groups in total. The van der Waals surface area contributed by atoms with Crippen LogP contribution in [0.3, 0.4) is 0 Å². The number of anilines is 3. The number of carbonyl (C=O) groups excluding carboxylic acids is 1. The van der Waals surface area contributed by atoms with Crippen molar-refractivity contribution in [2.75, 3.05) is 23.8 Å². The van der Waals surface area contributed by atoms with Crippen LogP contribution in [0.25, 0.3) is 11.2 Å². The van der Waals surface area contributed by atoms with E-state index >= 15 is 0 Å². The highest BCUT2D eigenvalue weighted by Gasteiger charge is 2.29. The average Bonchev–Trinajstić information content (AvgIpc) is 3.22. The molecule has 35 heavy (non-hydrogen) atoms. The van der Waals surface area contributed by atoms with Gasteiger partial charge in [0.2, 0.25) is 17.8 Å². The van der Waals surface area contributed by atoms with Gasteiger partial charge in [0.25, 0.3) is 0 Å². The third-order valence-electron chi connectivity index (χ3n) is 6.67. The largest absolute Gasteiger partial charge is 0.379 e. The van der Waals surface area contributed by atoms with Gasteiger partial charge in [0, 0.05) is 18.6 Å². The van der Waals surface area contributed by atoms with Gasteiger partial charge in [-0.1, -0.05) is 23.2 Å². The highest BCUT2D eigenvalue weighted by Crippen LogP contribution is 2.38. The van der Waals surface area contributed by atoms with Crippen LogP contribution in [0.5, 0.6) is 0 Å². The van der Waals surface area contributed by atoms with Gasteiger partial charge in [0.15, 0.2) is 11.5 Å². The maximum atomic E-state index is 14.8. The van der Waals surface area contributed by atoms with Crippen LogP contribution in [0.2, 0.25) is 10.0 Å². The van der Waals surface area contributed by atoms with Crippen molar-refractivity contribution in [1.82, 2.24) is 19.5 Å². The second kappa shape index (κ2) is 10.1. The summed E-state index contributed by atoms with van der Waals surface area (Å²) in [5, 5.41) is 6.37. The number of hydrogen-bond acceptors (Lipinski definition) is 7. The number of benzene rings is 1. The Morgan fingerprint density at radius 3 is 2.69 bits per heavy atom. The fourth-order valence-electron chi connectivity index (χ4n) is 4.79. The number of nitrogens with one attached hydrogen (secondary N) is 2. The first-order valence-corrected chi connectivity index (χ1v) is 12.5. The van der Waals surface area contributed by atoms with Crippen molar-refractivity contribution >= 4 is 57.9 Å². The number of amides is 1. The monoisotopic (exact) mass is 521 g/mol. The van der Waals surface area contributed by atoms with Gasteiger partial charge >= 0.3 is 0 Å². The number of aromatic nitrogens is 4. The average molecular weight is 522 g/mol. The standard InChI is InChI=1S/C23H26Cl2FN7O2/c24-15-7-8-16(19(26)18(15)25)30-23-31-17-10-28-22(29-13-2-1-9-35-11-13)32-21(17)33(23)14-5-3-12(4-6-14)20(27)34/h7-8,10,12-14H,1-6,9,11H2,(H2,27,34)(H,30,31)(H,28,29,32)/t12-,13?,14+. The van der Waals surface area contributed by atoms with E-state index < -0.39 is 5.82 Å². The van der Waals surface area contributed by atoms with Gasteiger partial charge in [0.1, 0.15) is 5.52 Å². The maximum Gasteiger partial charge on any atom is 0.225 e. The normalized spacial score (nSPS) is 22.8. The van der Waals surface area contributed by atoms with Gasteiger partial charge in [0.05, 0.1) is 34.6 Å². The van der Waals surface area contributed by atoms with E-state index in [1.807, 2.05) is 4.57 Å². The molecule has 1 aliphatic heterocycles. The molecule has 1 aliphatic carbocycles. The quantitative estimate of drug-likeness (QED) is 0.397. The number of rotatable bonds is 6. The van der Waals surface area contributed by atoms with Crippen LogP contribution in [0.4, 0.5) is 22.0 Å². The maximum absolute atomic E-state index is 14.8. The van der Waals surface area contributed by atoms with E-state index in [0.717, 1.165) is 19.4 Å². The minimum absolute atomic E-state index is 0.00954. The summed E-state index contributed by atoms with van der Waals surface area (Å²) in [5.41, 5.74) is 6.86. The summed E-state index contributed by atoms with van der Waals surface area (Å²) in [5.74, 6) is -0.206. The zero-order valence-corrected chi connectivity index (χ0v) is 20.4. The van der Waals surface area contributed by atoms with Gasteiger partial charge in [-0.3, -0.25) is 9.36 Å². The van der Waals surface area contributed by atoms with Crippen molar-refractivity contribution < 1.29 is 13.9 Å². The Morgan fingerprint density at radius 2 is 1.97 bits per heavy atom. The molecule has 3 heterocycles. The minimum Gasteiger partial charge on any atom is -0.379 e. The highest BCUT2D eigenvalue weighted by atomic mass is 35.5. The zero-order chi connectivity index (χ0) is 24.5. The van der Waals surface area contributed by atoms with Crippen LogP contribution in [0.1, 0.15) is 44.6 Å². The van der Waals surface area contributed by atoms with Gasteiger partial charge in [-0.25, -0.2) is 14.4 Å². The van der Waals surface area contributed by atoms with Crippen molar-refractivity contribution in [1.29, 1.82) is 0 Å². The van der Waals surface area contributed by atoms with Crippen LogP contribution in [0.15, 0.2) is 18.3 Å². The fourth-order valence-corrected chi connectivity index (χ4v) is 5.10. The van der Waals surface area contributed by atoms with E-state index in [9.17, 15) is 9.18 Å². The molecule has 2 aromatic heterocycles. The number of carbonyl (C=O) groups is 1. The zero-order valence-electron chi connectivity index (χ0n) is 18.9. The second-order valence-corrected chi connectivity index (χ2v) is 9.81. The lowest BCUT2D eigenvalue weighted by Gasteiger charge is -2.29. The number of primary amides is 1. The number of imidazole rings is 1. The number of halogens is 3. The van der Waals surface area contributed by atoms with E-state index in [0.29, 0.717) is 55.4 Å². The lowest BCUT2D eigenvalue weighted by atomic mass is 9.85. The molecule has 2 fully saturated rings. The summed E-state index contributed by atoms with van der Waals surface area (Å²) in [7, 11) is 0. The molecule has 12 heteroatoms. The molecule has 0 bridgehead atoms. The van der Waals surface area contributed by atoms with Crippen molar-refractivity contribution in [3.8, 4) is 0 Å². The molecule has 186 valence electrons. The lowest BCUT2D eigenvalue weighted by molar-refractivity contribution is -0.122. The Labute approximate surface area is 211 Å². The Morgan fingerprint density at radius 1 is 1.17 bits per heavy atom. The predicted octanol–water partition coefficient (Wildman–Crippen LogP) is 4.82. The SMILES string of the molecule is NC(=O)[C@H]1CC[C@@H](n2c(Nc3ccc(Cl)c(Cl)c3F)nc3cnc(NC4CCCOC4)nc32)CC1. The van der Waals surface area contributed by atoms with Gasteiger partial charge in [-0.05, 0) is 50.7 Å². The third kappa shape index (κ3) is 5.00. The molecule has 1 saturated carbocycles. The van der Waals surface area contributed by atoms with E-state index in [1.165, 1.54) is 12.1 Å². The van der Waals surface area contributed by atoms with Gasteiger partial charge in [-0.15, -0.1) is 0 Å². The molecule has 5 rings (SSSR count). The molecule has 9 nitrogen and oxygen atoms in total. The van der Waals surface area contributed by atoms with E-state index in [2.05, 4.69) is 20.6 Å². The Hall–Kier alpha value is -2.69. The Balaban J connectivity index is 1.51. The number of ether oxygens (including phenoxy) is 1. The summed E-state index contributed by atoms with van der Waals surface area (Å²) in [4.78, 5) is 25.5. The number of nitrogens with two attached hydrogens (primary N) is 1. The third-order valence-corrected chi connectivity index (χ3v) is 7.45. The molecule has 0 radical (unpaired) electrons. The topological polar surface area (TPSA) is 120 Å². The summed E-state index contributed by atoms with van der Waals surface area (Å²) >= 11 is 12.0. The van der Waals surface area contributed by atoms with Crippen LogP contribution in [0, 0.1) is 11.7 Å². The first kappa shape index (κ1) is 24.0. The van der Waals surface area contributed by atoms with Crippen molar-refractivity contribution in [3.05, 3.63) is 34.2 Å². The molecule has 1 amide bonds. The summed E-state index contributed by atoms with van der Waals surface area (Å²) in [6.45, 7) is 1.36. The molecule has 2 aliphatic rings. The molecular formula is C23H26Cl2FN7O2. The van der Waals surface area contributed by atoms with Crippen molar-refractivity contribution in [2.24, 2.45) is 11.7 Å². The number of hydrogen-bond donors (Lipinski definition) is 3. The van der Waals surface area contributed by atoms with Crippen molar-refractivity contribution in [3.63, 3.8) is 0 Å². The van der Waals surface area contributed by atoms with Crippen LogP contribution < -0.4 is 16.4 Å². The molecule has 3 aromatic rings. The summed E-state index contributed by atoms with van der Waals surface area (Å²) in [6.07, 6.45) is 6.34. The summed E-state index contributed by atoms with van der Waals surface area (Å²) < 4.78 is 22.3. The first-order valence-electron chi connectivity index (χ1n) is 11.7. The smallest absolute Gasteiger partial charge is 0.225 e. The summed E-state index contributed by atoms with van der Waals surface area (Å²) in [6, 6.07) is 3.16. The number of fused-ring (bicyclic) bond motifs is 1. The second-order valence-electron chi connectivity index (χ2n) is 9.02. The highest BCUT2D eigenvalue weighted by molar-refractivity contribution is 6.42. The van der Waals surface area contributed by atoms with Gasteiger partial charge in [-0.2, -0.15) is 4.98 Å². The molecule has 1 unspecified atom stereocenters.